The summed E-state index contributed by atoms with van der Waals surface area (Å²) in [5.74, 6) is -0.108. The van der Waals surface area contributed by atoms with Gasteiger partial charge in [0.15, 0.2) is 0 Å². The highest BCUT2D eigenvalue weighted by atomic mass is 35.5. The van der Waals surface area contributed by atoms with Crippen molar-refractivity contribution in [3.63, 3.8) is 0 Å². The van der Waals surface area contributed by atoms with Crippen LogP contribution in [0.1, 0.15) is 18.4 Å². The highest BCUT2D eigenvalue weighted by Gasteiger charge is 2.36. The molecule has 1 aromatic heterocycles. The molecular formula is C10H10ClF3N2. The van der Waals surface area contributed by atoms with Crippen LogP contribution in [0.5, 0.6) is 0 Å². The number of rotatable bonds is 2. The van der Waals surface area contributed by atoms with Crippen molar-refractivity contribution in [3.8, 4) is 0 Å². The van der Waals surface area contributed by atoms with E-state index in [9.17, 15) is 13.2 Å². The van der Waals surface area contributed by atoms with Gasteiger partial charge in [0.25, 0.3) is 0 Å². The first-order valence-corrected chi connectivity index (χ1v) is 5.33. The van der Waals surface area contributed by atoms with E-state index in [1.807, 2.05) is 0 Å². The molecule has 1 aliphatic rings. The van der Waals surface area contributed by atoms with Crippen molar-refractivity contribution in [1.82, 2.24) is 4.98 Å². The van der Waals surface area contributed by atoms with Gasteiger partial charge in [-0.3, -0.25) is 0 Å². The number of alkyl halides is 4. The van der Waals surface area contributed by atoms with Crippen molar-refractivity contribution in [3.05, 3.63) is 23.9 Å². The summed E-state index contributed by atoms with van der Waals surface area (Å²) in [5, 5.41) is 2.83. The van der Waals surface area contributed by atoms with Crippen LogP contribution < -0.4 is 5.32 Å². The number of pyridine rings is 1. The van der Waals surface area contributed by atoms with Crippen LogP contribution >= 0.6 is 11.6 Å². The number of nitrogens with zero attached hydrogens (tertiary/aromatic N) is 1. The fourth-order valence-electron chi connectivity index (χ4n) is 1.61. The molecule has 1 heterocycles. The van der Waals surface area contributed by atoms with Crippen LogP contribution in [0.25, 0.3) is 0 Å². The topological polar surface area (TPSA) is 24.9 Å². The molecule has 0 amide bonds. The summed E-state index contributed by atoms with van der Waals surface area (Å²) < 4.78 is 37.8. The Morgan fingerprint density at radius 2 is 2.06 bits per heavy atom. The molecule has 0 unspecified atom stereocenters. The Balaban J connectivity index is 2.14. The van der Waals surface area contributed by atoms with Crippen molar-refractivity contribution >= 4 is 17.4 Å². The molecule has 1 saturated carbocycles. The van der Waals surface area contributed by atoms with Crippen LogP contribution in [0.15, 0.2) is 18.3 Å². The molecule has 0 radical (unpaired) electrons. The van der Waals surface area contributed by atoms with Gasteiger partial charge < -0.3 is 5.32 Å². The van der Waals surface area contributed by atoms with Crippen LogP contribution in [0, 0.1) is 0 Å². The molecule has 0 atom stereocenters. The maximum absolute atomic E-state index is 12.6. The maximum Gasteiger partial charge on any atom is 0.419 e. The molecule has 0 bridgehead atoms. The average Bonchev–Trinajstić information content (AvgIpc) is 2.14. The first-order chi connectivity index (χ1) is 7.47. The first-order valence-electron chi connectivity index (χ1n) is 4.89. The van der Waals surface area contributed by atoms with E-state index in [-0.39, 0.29) is 17.2 Å². The SMILES string of the molecule is FC(F)(F)c1cccnc1NC1CC(Cl)C1. The van der Waals surface area contributed by atoms with Crippen molar-refractivity contribution in [1.29, 1.82) is 0 Å². The smallest absolute Gasteiger partial charge is 0.367 e. The Kier molecular flexibility index (Phi) is 2.97. The standard InChI is InChI=1S/C10H10ClF3N2/c11-6-4-7(5-6)16-9-8(10(12,13)14)2-1-3-15-9/h1-3,6-7H,4-5H2,(H,15,16). The monoisotopic (exact) mass is 250 g/mol. The quantitative estimate of drug-likeness (QED) is 0.815. The summed E-state index contributed by atoms with van der Waals surface area (Å²) in [5.41, 5.74) is -0.729. The van der Waals surface area contributed by atoms with Crippen LogP contribution in [0.4, 0.5) is 19.0 Å². The number of aromatic nitrogens is 1. The minimum absolute atomic E-state index is 0.00139. The lowest BCUT2D eigenvalue weighted by molar-refractivity contribution is -0.137. The van der Waals surface area contributed by atoms with Gasteiger partial charge in [0.1, 0.15) is 5.82 Å². The van der Waals surface area contributed by atoms with E-state index >= 15 is 0 Å². The average molecular weight is 251 g/mol. The molecule has 2 rings (SSSR count). The minimum Gasteiger partial charge on any atom is -0.367 e. The lowest BCUT2D eigenvalue weighted by Crippen LogP contribution is -2.36. The Morgan fingerprint density at radius 1 is 1.38 bits per heavy atom. The Hall–Kier alpha value is -0.970. The van der Waals surface area contributed by atoms with Crippen molar-refractivity contribution in [2.45, 2.75) is 30.4 Å². The molecule has 16 heavy (non-hydrogen) atoms. The van der Waals surface area contributed by atoms with E-state index in [0.29, 0.717) is 12.8 Å². The van der Waals surface area contributed by atoms with E-state index < -0.39 is 11.7 Å². The lowest BCUT2D eigenvalue weighted by Gasteiger charge is -2.32. The third-order valence-corrected chi connectivity index (χ3v) is 2.89. The summed E-state index contributed by atoms with van der Waals surface area (Å²) >= 11 is 5.76. The Morgan fingerprint density at radius 3 is 2.62 bits per heavy atom. The number of anilines is 1. The molecule has 1 aliphatic carbocycles. The van der Waals surface area contributed by atoms with E-state index in [4.69, 9.17) is 11.6 Å². The summed E-state index contributed by atoms with van der Waals surface area (Å²) in [6.45, 7) is 0. The summed E-state index contributed by atoms with van der Waals surface area (Å²) in [6, 6.07) is 2.30. The van der Waals surface area contributed by atoms with Crippen molar-refractivity contribution in [2.24, 2.45) is 0 Å². The lowest BCUT2D eigenvalue weighted by atomic mass is 9.92. The highest BCUT2D eigenvalue weighted by Crippen LogP contribution is 2.35. The van der Waals surface area contributed by atoms with E-state index in [2.05, 4.69) is 10.3 Å². The molecule has 0 spiro atoms. The van der Waals surface area contributed by atoms with Crippen LogP contribution in [0.3, 0.4) is 0 Å². The second-order valence-electron chi connectivity index (χ2n) is 3.81. The van der Waals surface area contributed by atoms with E-state index in [0.717, 1.165) is 6.07 Å². The number of halogens is 4. The summed E-state index contributed by atoms with van der Waals surface area (Å²) in [6.07, 6.45) is -1.68. The minimum atomic E-state index is -4.37. The molecule has 1 fully saturated rings. The third kappa shape index (κ3) is 2.40. The van der Waals surface area contributed by atoms with Gasteiger partial charge in [-0.1, -0.05) is 0 Å². The molecule has 2 nitrogen and oxygen atoms in total. The third-order valence-electron chi connectivity index (χ3n) is 2.53. The van der Waals surface area contributed by atoms with Gasteiger partial charge in [0.05, 0.1) is 5.56 Å². The Labute approximate surface area is 95.8 Å². The van der Waals surface area contributed by atoms with Crippen LogP contribution in [-0.2, 0) is 6.18 Å². The van der Waals surface area contributed by atoms with Gasteiger partial charge in [0, 0.05) is 17.6 Å². The van der Waals surface area contributed by atoms with Gasteiger partial charge in [-0.25, -0.2) is 4.98 Å². The molecule has 0 aromatic carbocycles. The van der Waals surface area contributed by atoms with E-state index in [1.165, 1.54) is 12.3 Å². The maximum atomic E-state index is 12.6. The van der Waals surface area contributed by atoms with Crippen LogP contribution in [-0.4, -0.2) is 16.4 Å². The summed E-state index contributed by atoms with van der Waals surface area (Å²) in [4.78, 5) is 3.72. The van der Waals surface area contributed by atoms with Gasteiger partial charge >= 0.3 is 6.18 Å². The normalized spacial score (nSPS) is 25.0. The van der Waals surface area contributed by atoms with Gasteiger partial charge in [-0.2, -0.15) is 13.2 Å². The number of hydrogen-bond acceptors (Lipinski definition) is 2. The predicted octanol–water partition coefficient (Wildman–Crippen LogP) is 3.28. The summed E-state index contributed by atoms with van der Waals surface area (Å²) in [7, 11) is 0. The zero-order chi connectivity index (χ0) is 11.8. The molecule has 6 heteroatoms. The molecule has 1 N–H and O–H groups in total. The molecular weight excluding hydrogens is 241 g/mol. The Bertz CT molecular complexity index is 375. The predicted molar refractivity (Wildman–Crippen MR) is 55.5 cm³/mol. The highest BCUT2D eigenvalue weighted by molar-refractivity contribution is 6.21. The fraction of sp³-hybridized carbons (Fsp3) is 0.500. The van der Waals surface area contributed by atoms with Crippen molar-refractivity contribution < 1.29 is 13.2 Å². The van der Waals surface area contributed by atoms with E-state index in [1.54, 1.807) is 0 Å². The van der Waals surface area contributed by atoms with Gasteiger partial charge in [-0.15, -0.1) is 11.6 Å². The zero-order valence-corrected chi connectivity index (χ0v) is 9.02. The largest absolute Gasteiger partial charge is 0.419 e. The number of nitrogens with one attached hydrogen (secondary N) is 1. The molecule has 1 aromatic rings. The molecule has 0 aliphatic heterocycles. The fourth-order valence-corrected chi connectivity index (χ4v) is 2.04. The first kappa shape index (κ1) is 11.5. The molecule has 0 saturated heterocycles. The second-order valence-corrected chi connectivity index (χ2v) is 4.42. The van der Waals surface area contributed by atoms with Crippen LogP contribution in [0.2, 0.25) is 0 Å². The number of hydrogen-bond donors (Lipinski definition) is 1. The van der Waals surface area contributed by atoms with Gasteiger partial charge in [0.2, 0.25) is 0 Å². The zero-order valence-electron chi connectivity index (χ0n) is 8.26. The van der Waals surface area contributed by atoms with Gasteiger partial charge in [-0.05, 0) is 25.0 Å². The second kappa shape index (κ2) is 4.13. The molecule has 88 valence electrons. The van der Waals surface area contributed by atoms with Crippen molar-refractivity contribution in [2.75, 3.05) is 5.32 Å².